The fourth-order valence-electron chi connectivity index (χ4n) is 3.79. The van der Waals surface area contributed by atoms with Gasteiger partial charge in [0.25, 0.3) is 5.56 Å². The monoisotopic (exact) mass is 381 g/mol. The topological polar surface area (TPSA) is 107 Å². The van der Waals surface area contributed by atoms with Crippen molar-refractivity contribution in [1.82, 2.24) is 9.97 Å². The van der Waals surface area contributed by atoms with Gasteiger partial charge in [-0.1, -0.05) is 12.1 Å². The summed E-state index contributed by atoms with van der Waals surface area (Å²) in [5, 5.41) is 5.47. The second kappa shape index (κ2) is 7.46. The second-order valence-electron chi connectivity index (χ2n) is 7.36. The van der Waals surface area contributed by atoms with Crippen molar-refractivity contribution in [3.05, 3.63) is 45.7 Å². The number of carbonyl (C=O) groups is 2. The molecule has 2 aromatic rings. The molecule has 146 valence electrons. The Kier molecular flexibility index (Phi) is 4.85. The van der Waals surface area contributed by atoms with E-state index >= 15 is 0 Å². The molecule has 2 aliphatic heterocycles. The van der Waals surface area contributed by atoms with E-state index in [2.05, 4.69) is 20.6 Å². The van der Waals surface area contributed by atoms with Crippen molar-refractivity contribution in [3.8, 4) is 0 Å². The van der Waals surface area contributed by atoms with Crippen LogP contribution in [-0.2, 0) is 9.59 Å². The van der Waals surface area contributed by atoms with Crippen LogP contribution in [0.3, 0.4) is 0 Å². The van der Waals surface area contributed by atoms with Gasteiger partial charge in [0.15, 0.2) is 0 Å². The number of anilines is 3. The van der Waals surface area contributed by atoms with Crippen molar-refractivity contribution in [2.45, 2.75) is 38.5 Å². The average molecular weight is 381 g/mol. The number of benzene rings is 1. The summed E-state index contributed by atoms with van der Waals surface area (Å²) in [6.45, 7) is 3.55. The molecular weight excluding hydrogens is 358 g/mol. The number of aromatic nitrogens is 2. The summed E-state index contributed by atoms with van der Waals surface area (Å²) in [5.41, 5.74) is 1.47. The highest BCUT2D eigenvalue weighted by atomic mass is 16.2. The number of H-pyrrole nitrogens is 1. The summed E-state index contributed by atoms with van der Waals surface area (Å²) in [6, 6.07) is 7.38. The van der Waals surface area contributed by atoms with Gasteiger partial charge in [-0.3, -0.25) is 19.4 Å². The zero-order valence-electron chi connectivity index (χ0n) is 15.7. The summed E-state index contributed by atoms with van der Waals surface area (Å²) >= 11 is 0. The van der Waals surface area contributed by atoms with Crippen LogP contribution in [0.2, 0.25) is 0 Å². The van der Waals surface area contributed by atoms with Crippen molar-refractivity contribution in [3.63, 3.8) is 0 Å². The molecular formula is C20H23N5O3. The second-order valence-corrected chi connectivity index (χ2v) is 7.36. The lowest BCUT2D eigenvalue weighted by molar-refractivity contribution is -0.123. The van der Waals surface area contributed by atoms with Crippen LogP contribution in [0.1, 0.15) is 42.7 Å². The highest BCUT2D eigenvalue weighted by Crippen LogP contribution is 2.30. The van der Waals surface area contributed by atoms with Crippen molar-refractivity contribution >= 4 is 29.3 Å². The van der Waals surface area contributed by atoms with E-state index < -0.39 is 5.92 Å². The molecule has 0 aliphatic carbocycles. The first-order valence-corrected chi connectivity index (χ1v) is 9.58. The van der Waals surface area contributed by atoms with Gasteiger partial charge in [-0.05, 0) is 43.9 Å². The average Bonchev–Trinajstić information content (AvgIpc) is 2.67. The lowest BCUT2D eigenvalue weighted by atomic mass is 9.92. The predicted molar refractivity (Wildman–Crippen MR) is 107 cm³/mol. The minimum atomic E-state index is -0.879. The molecule has 1 aromatic carbocycles. The summed E-state index contributed by atoms with van der Waals surface area (Å²) in [5.74, 6) is -0.955. The van der Waals surface area contributed by atoms with E-state index in [1.165, 1.54) is 0 Å². The van der Waals surface area contributed by atoms with E-state index in [0.29, 0.717) is 11.6 Å². The molecule has 0 radical (unpaired) electrons. The van der Waals surface area contributed by atoms with E-state index in [9.17, 15) is 14.4 Å². The molecule has 0 saturated carbocycles. The number of hydrogen-bond acceptors (Lipinski definition) is 5. The maximum absolute atomic E-state index is 12.8. The lowest BCUT2D eigenvalue weighted by Gasteiger charge is -2.29. The maximum atomic E-state index is 12.8. The largest absolute Gasteiger partial charge is 0.342 e. The molecule has 2 aliphatic rings. The number of piperidine rings is 1. The molecule has 0 spiro atoms. The number of nitrogens with zero attached hydrogens (tertiary/aromatic N) is 2. The van der Waals surface area contributed by atoms with Crippen LogP contribution < -0.4 is 21.1 Å². The van der Waals surface area contributed by atoms with Gasteiger partial charge in [-0.15, -0.1) is 0 Å². The number of carbonyl (C=O) groups excluding carboxylic acids is 2. The van der Waals surface area contributed by atoms with Gasteiger partial charge in [0.05, 0.1) is 11.5 Å². The fraction of sp³-hybridized carbons (Fsp3) is 0.400. The van der Waals surface area contributed by atoms with E-state index in [-0.39, 0.29) is 35.2 Å². The smallest absolute Gasteiger partial charge is 0.258 e. The van der Waals surface area contributed by atoms with Crippen LogP contribution in [0.15, 0.2) is 29.1 Å². The number of rotatable bonds is 3. The van der Waals surface area contributed by atoms with Gasteiger partial charge in [-0.2, -0.15) is 4.98 Å². The molecule has 8 nitrogen and oxygen atoms in total. The Labute approximate surface area is 162 Å². The SMILES string of the molecule is Cc1cccc(NC(=O)C2CC(=O)Nc3nc(N4CCCCC4)[nH]c(=O)c32)c1. The summed E-state index contributed by atoms with van der Waals surface area (Å²) in [6.07, 6.45) is 3.14. The van der Waals surface area contributed by atoms with E-state index in [1.54, 1.807) is 6.07 Å². The van der Waals surface area contributed by atoms with Crippen LogP contribution in [-0.4, -0.2) is 34.9 Å². The number of aromatic amines is 1. The highest BCUT2D eigenvalue weighted by Gasteiger charge is 2.35. The molecule has 2 amide bonds. The van der Waals surface area contributed by atoms with Crippen LogP contribution >= 0.6 is 0 Å². The number of nitrogens with one attached hydrogen (secondary N) is 3. The van der Waals surface area contributed by atoms with E-state index in [4.69, 9.17) is 0 Å². The molecule has 1 aromatic heterocycles. The summed E-state index contributed by atoms with van der Waals surface area (Å²) < 4.78 is 0. The Hall–Kier alpha value is -3.16. The summed E-state index contributed by atoms with van der Waals surface area (Å²) in [4.78, 5) is 47.1. The first kappa shape index (κ1) is 18.2. The Bertz CT molecular complexity index is 978. The molecule has 3 heterocycles. The zero-order chi connectivity index (χ0) is 19.7. The van der Waals surface area contributed by atoms with Gasteiger partial charge >= 0.3 is 0 Å². The first-order valence-electron chi connectivity index (χ1n) is 9.58. The number of fused-ring (bicyclic) bond motifs is 1. The Morgan fingerprint density at radius 1 is 1.21 bits per heavy atom. The Morgan fingerprint density at radius 2 is 2.00 bits per heavy atom. The third-order valence-electron chi connectivity index (χ3n) is 5.20. The molecule has 3 N–H and O–H groups in total. The number of hydrogen-bond donors (Lipinski definition) is 3. The van der Waals surface area contributed by atoms with Crippen molar-refractivity contribution in [2.24, 2.45) is 0 Å². The fourth-order valence-corrected chi connectivity index (χ4v) is 3.79. The lowest BCUT2D eigenvalue weighted by Crippen LogP contribution is -2.38. The molecule has 1 fully saturated rings. The minimum absolute atomic E-state index is 0.0849. The summed E-state index contributed by atoms with van der Waals surface area (Å²) in [7, 11) is 0. The van der Waals surface area contributed by atoms with Crippen LogP contribution in [0.25, 0.3) is 0 Å². The van der Waals surface area contributed by atoms with Gasteiger partial charge in [0, 0.05) is 25.2 Å². The first-order chi connectivity index (χ1) is 13.5. The minimum Gasteiger partial charge on any atom is -0.342 e. The third-order valence-corrected chi connectivity index (χ3v) is 5.20. The predicted octanol–water partition coefficient (Wildman–Crippen LogP) is 2.13. The Morgan fingerprint density at radius 3 is 2.75 bits per heavy atom. The molecule has 28 heavy (non-hydrogen) atoms. The molecule has 8 heteroatoms. The van der Waals surface area contributed by atoms with E-state index in [1.807, 2.05) is 30.0 Å². The number of aryl methyl sites for hydroxylation is 1. The van der Waals surface area contributed by atoms with Gasteiger partial charge in [0.2, 0.25) is 17.8 Å². The third kappa shape index (κ3) is 3.62. The molecule has 1 saturated heterocycles. The van der Waals surface area contributed by atoms with Crippen LogP contribution in [0.5, 0.6) is 0 Å². The molecule has 4 rings (SSSR count). The van der Waals surface area contributed by atoms with Crippen molar-refractivity contribution < 1.29 is 9.59 Å². The number of amides is 2. The van der Waals surface area contributed by atoms with E-state index in [0.717, 1.165) is 37.9 Å². The van der Waals surface area contributed by atoms with Gasteiger partial charge in [0.1, 0.15) is 5.82 Å². The molecule has 0 bridgehead atoms. The standard InChI is InChI=1S/C20H23N5O3/c1-12-6-5-7-13(10-12)21-18(27)14-11-15(26)22-17-16(14)19(28)24-20(23-17)25-8-3-2-4-9-25/h5-7,10,14H,2-4,8-9,11H2,1H3,(H,21,27)(H2,22,23,24,26,28). The maximum Gasteiger partial charge on any atom is 0.258 e. The van der Waals surface area contributed by atoms with Crippen molar-refractivity contribution in [1.29, 1.82) is 0 Å². The Balaban J connectivity index is 1.65. The molecule has 1 unspecified atom stereocenters. The highest BCUT2D eigenvalue weighted by molar-refractivity contribution is 6.04. The van der Waals surface area contributed by atoms with Gasteiger partial charge < -0.3 is 15.5 Å². The zero-order valence-corrected chi connectivity index (χ0v) is 15.7. The quantitative estimate of drug-likeness (QED) is 0.755. The normalized spacial score (nSPS) is 19.0. The molecule has 1 atom stereocenters. The van der Waals surface area contributed by atoms with Crippen LogP contribution in [0.4, 0.5) is 17.5 Å². The van der Waals surface area contributed by atoms with Crippen molar-refractivity contribution in [2.75, 3.05) is 28.6 Å². The van der Waals surface area contributed by atoms with Gasteiger partial charge in [-0.25, -0.2) is 0 Å². The van der Waals surface area contributed by atoms with Crippen LogP contribution in [0, 0.1) is 6.92 Å².